The van der Waals surface area contributed by atoms with Crippen LogP contribution in [0.3, 0.4) is 0 Å². The smallest absolute Gasteiger partial charge is 0.232 e. The lowest BCUT2D eigenvalue weighted by Crippen LogP contribution is -2.39. The van der Waals surface area contributed by atoms with Gasteiger partial charge in [-0.05, 0) is 25.1 Å². The van der Waals surface area contributed by atoms with Crippen molar-refractivity contribution < 1.29 is 13.9 Å². The van der Waals surface area contributed by atoms with Crippen molar-refractivity contribution in [2.24, 2.45) is 11.1 Å². The number of hydrogen-bond acceptors (Lipinski definition) is 3. The number of nitrogens with two attached hydrogens (primary N) is 1. The van der Waals surface area contributed by atoms with Gasteiger partial charge >= 0.3 is 0 Å². The third-order valence-electron chi connectivity index (χ3n) is 3.16. The Morgan fingerprint density at radius 2 is 2.11 bits per heavy atom. The molecule has 0 spiro atoms. The highest BCUT2D eigenvalue weighted by atomic mass is 19.1. The molecule has 0 unspecified atom stereocenters. The van der Waals surface area contributed by atoms with Gasteiger partial charge in [0.05, 0.1) is 12.8 Å². The van der Waals surface area contributed by atoms with E-state index in [9.17, 15) is 9.18 Å². The molecule has 2 N–H and O–H groups in total. The Labute approximate surface area is 113 Å². The zero-order valence-corrected chi connectivity index (χ0v) is 11.9. The first-order valence-corrected chi connectivity index (χ1v) is 6.15. The van der Waals surface area contributed by atoms with E-state index in [2.05, 4.69) is 0 Å². The SMILES string of the molecule is COc1ccc(F)cc1N(C)C(=O)C(C)(C)CCN. The van der Waals surface area contributed by atoms with Crippen LogP contribution in [-0.2, 0) is 4.79 Å². The third-order valence-corrected chi connectivity index (χ3v) is 3.16. The van der Waals surface area contributed by atoms with Crippen LogP contribution in [0.4, 0.5) is 10.1 Å². The normalized spacial score (nSPS) is 11.3. The van der Waals surface area contributed by atoms with Gasteiger partial charge in [0.15, 0.2) is 0 Å². The van der Waals surface area contributed by atoms with E-state index in [1.54, 1.807) is 7.05 Å². The highest BCUT2D eigenvalue weighted by Crippen LogP contribution is 2.32. The van der Waals surface area contributed by atoms with Crippen LogP contribution < -0.4 is 15.4 Å². The molecule has 0 radical (unpaired) electrons. The number of methoxy groups -OCH3 is 1. The molecule has 0 saturated heterocycles. The predicted molar refractivity (Wildman–Crippen MR) is 73.8 cm³/mol. The molecule has 5 heteroatoms. The monoisotopic (exact) mass is 268 g/mol. The summed E-state index contributed by atoms with van der Waals surface area (Å²) < 4.78 is 18.5. The van der Waals surface area contributed by atoms with Gasteiger partial charge in [0.25, 0.3) is 0 Å². The van der Waals surface area contributed by atoms with Crippen molar-refractivity contribution in [3.8, 4) is 5.75 Å². The van der Waals surface area contributed by atoms with E-state index < -0.39 is 11.2 Å². The van der Waals surface area contributed by atoms with Gasteiger partial charge in [-0.3, -0.25) is 4.79 Å². The van der Waals surface area contributed by atoms with E-state index in [-0.39, 0.29) is 5.91 Å². The molecule has 0 atom stereocenters. The maximum Gasteiger partial charge on any atom is 0.232 e. The summed E-state index contributed by atoms with van der Waals surface area (Å²) in [5.74, 6) is -0.0743. The number of benzene rings is 1. The second kappa shape index (κ2) is 6.02. The first-order chi connectivity index (χ1) is 8.83. The topological polar surface area (TPSA) is 55.6 Å². The Morgan fingerprint density at radius 3 is 2.63 bits per heavy atom. The van der Waals surface area contributed by atoms with Gasteiger partial charge in [-0.2, -0.15) is 0 Å². The lowest BCUT2D eigenvalue weighted by atomic mass is 9.87. The Morgan fingerprint density at radius 1 is 1.47 bits per heavy atom. The van der Waals surface area contributed by atoms with E-state index in [0.717, 1.165) is 0 Å². The molecule has 0 heterocycles. The predicted octanol–water partition coefficient (Wildman–Crippen LogP) is 2.17. The fourth-order valence-electron chi connectivity index (χ4n) is 1.96. The highest BCUT2D eigenvalue weighted by molar-refractivity contribution is 5.97. The van der Waals surface area contributed by atoms with Gasteiger partial charge in [-0.25, -0.2) is 4.39 Å². The second-order valence-electron chi connectivity index (χ2n) is 5.10. The summed E-state index contributed by atoms with van der Waals surface area (Å²) >= 11 is 0. The number of hydrogen-bond donors (Lipinski definition) is 1. The molecule has 1 rings (SSSR count). The van der Waals surface area contributed by atoms with Gasteiger partial charge in [0.1, 0.15) is 11.6 Å². The average Bonchev–Trinajstić information content (AvgIpc) is 2.36. The second-order valence-corrected chi connectivity index (χ2v) is 5.10. The molecule has 0 aliphatic rings. The standard InChI is InChI=1S/C14H21FN2O2/c1-14(2,7-8-16)13(18)17(3)11-9-10(15)5-6-12(11)19-4/h5-6,9H,7-8,16H2,1-4H3. The highest BCUT2D eigenvalue weighted by Gasteiger charge is 2.31. The molecule has 1 aromatic rings. The Kier molecular flexibility index (Phi) is 4.89. The van der Waals surface area contributed by atoms with Crippen molar-refractivity contribution in [1.29, 1.82) is 0 Å². The molecule has 106 valence electrons. The van der Waals surface area contributed by atoms with Crippen LogP contribution in [0.15, 0.2) is 18.2 Å². The zero-order chi connectivity index (χ0) is 14.6. The van der Waals surface area contributed by atoms with Crippen molar-refractivity contribution in [1.82, 2.24) is 0 Å². The molecule has 0 aliphatic carbocycles. The zero-order valence-electron chi connectivity index (χ0n) is 11.9. The lowest BCUT2D eigenvalue weighted by molar-refractivity contribution is -0.126. The number of amides is 1. The van der Waals surface area contributed by atoms with E-state index >= 15 is 0 Å². The lowest BCUT2D eigenvalue weighted by Gasteiger charge is -2.29. The number of rotatable bonds is 5. The molecule has 19 heavy (non-hydrogen) atoms. The largest absolute Gasteiger partial charge is 0.495 e. The molecule has 0 saturated carbocycles. The van der Waals surface area contributed by atoms with E-state index in [1.807, 2.05) is 13.8 Å². The van der Waals surface area contributed by atoms with Crippen molar-refractivity contribution in [2.45, 2.75) is 20.3 Å². The van der Waals surface area contributed by atoms with Crippen LogP contribution in [0.5, 0.6) is 5.75 Å². The summed E-state index contributed by atoms with van der Waals surface area (Å²) in [5.41, 5.74) is 5.33. The van der Waals surface area contributed by atoms with Gasteiger partial charge in [0, 0.05) is 18.5 Å². The van der Waals surface area contributed by atoms with Gasteiger partial charge in [0.2, 0.25) is 5.91 Å². The molecule has 1 aromatic carbocycles. The first-order valence-electron chi connectivity index (χ1n) is 6.15. The van der Waals surface area contributed by atoms with Crippen LogP contribution in [0, 0.1) is 11.2 Å². The fraction of sp³-hybridized carbons (Fsp3) is 0.500. The Bertz CT molecular complexity index is 461. The summed E-state index contributed by atoms with van der Waals surface area (Å²) in [4.78, 5) is 13.8. The van der Waals surface area contributed by atoms with E-state index in [0.29, 0.717) is 24.4 Å². The van der Waals surface area contributed by atoms with Crippen LogP contribution in [0.2, 0.25) is 0 Å². The Balaban J connectivity index is 3.09. The number of halogens is 1. The van der Waals surface area contributed by atoms with Gasteiger partial charge in [-0.1, -0.05) is 13.8 Å². The molecular formula is C14H21FN2O2. The number of nitrogens with zero attached hydrogens (tertiary/aromatic N) is 1. The maximum atomic E-state index is 13.3. The summed E-state index contributed by atoms with van der Waals surface area (Å²) in [6.07, 6.45) is 0.563. The minimum atomic E-state index is -0.596. The van der Waals surface area contributed by atoms with Crippen molar-refractivity contribution >= 4 is 11.6 Å². The number of ether oxygens (including phenoxy) is 1. The quantitative estimate of drug-likeness (QED) is 0.890. The molecule has 1 amide bonds. The van der Waals surface area contributed by atoms with Crippen molar-refractivity contribution in [2.75, 3.05) is 25.6 Å². The molecule has 0 bridgehead atoms. The number of carbonyl (C=O) groups is 1. The average molecular weight is 268 g/mol. The number of carbonyl (C=O) groups excluding carboxylic acids is 1. The third kappa shape index (κ3) is 3.44. The minimum Gasteiger partial charge on any atom is -0.495 e. The van der Waals surface area contributed by atoms with Gasteiger partial charge in [-0.15, -0.1) is 0 Å². The van der Waals surface area contributed by atoms with E-state index in [4.69, 9.17) is 10.5 Å². The minimum absolute atomic E-state index is 0.123. The van der Waals surface area contributed by atoms with Crippen molar-refractivity contribution in [3.63, 3.8) is 0 Å². The van der Waals surface area contributed by atoms with Crippen LogP contribution in [0.25, 0.3) is 0 Å². The Hall–Kier alpha value is -1.62. The van der Waals surface area contributed by atoms with Crippen LogP contribution >= 0.6 is 0 Å². The first kappa shape index (κ1) is 15.4. The summed E-state index contributed by atoms with van der Waals surface area (Å²) in [5, 5.41) is 0. The molecule has 0 aromatic heterocycles. The number of anilines is 1. The van der Waals surface area contributed by atoms with Gasteiger partial charge < -0.3 is 15.4 Å². The van der Waals surface area contributed by atoms with Crippen LogP contribution in [-0.4, -0.2) is 26.6 Å². The summed E-state index contributed by atoms with van der Waals surface area (Å²) in [7, 11) is 3.10. The fourth-order valence-corrected chi connectivity index (χ4v) is 1.96. The summed E-state index contributed by atoms with van der Waals surface area (Å²) in [6.45, 7) is 4.07. The molecule has 0 aliphatic heterocycles. The maximum absolute atomic E-state index is 13.3. The van der Waals surface area contributed by atoms with Crippen LogP contribution in [0.1, 0.15) is 20.3 Å². The van der Waals surface area contributed by atoms with E-state index in [1.165, 1.54) is 30.2 Å². The molecular weight excluding hydrogens is 247 g/mol. The summed E-state index contributed by atoms with van der Waals surface area (Å²) in [6, 6.07) is 4.09. The molecule has 0 fully saturated rings. The van der Waals surface area contributed by atoms with Crippen molar-refractivity contribution in [3.05, 3.63) is 24.0 Å². The molecule has 4 nitrogen and oxygen atoms in total.